The number of halogens is 3. The van der Waals surface area contributed by atoms with Gasteiger partial charge in [0.05, 0.1) is 44.6 Å². The van der Waals surface area contributed by atoms with E-state index in [0.29, 0.717) is 71.6 Å². The minimum absolute atomic E-state index is 0.0501. The summed E-state index contributed by atoms with van der Waals surface area (Å²) in [5.41, 5.74) is 2.06. The molecule has 1 saturated carbocycles. The second kappa shape index (κ2) is 14.9. The number of benzene rings is 2. The van der Waals surface area contributed by atoms with Crippen LogP contribution in [-0.2, 0) is 11.1 Å². The Hall–Kier alpha value is -3.56. The van der Waals surface area contributed by atoms with Crippen LogP contribution in [0.3, 0.4) is 0 Å². The first-order valence-electron chi connectivity index (χ1n) is 15.6. The van der Waals surface area contributed by atoms with Crippen molar-refractivity contribution in [3.05, 3.63) is 59.4 Å². The van der Waals surface area contributed by atoms with E-state index in [2.05, 4.69) is 32.7 Å². The second-order valence-corrected chi connectivity index (χ2v) is 13.6. The van der Waals surface area contributed by atoms with E-state index in [1.54, 1.807) is 26.5 Å². The van der Waals surface area contributed by atoms with E-state index in [4.69, 9.17) is 39.2 Å². The fourth-order valence-corrected chi connectivity index (χ4v) is 8.05. The van der Waals surface area contributed by atoms with Crippen LogP contribution < -0.4 is 24.8 Å². The molecule has 1 aliphatic carbocycles. The highest BCUT2D eigenvalue weighted by Gasteiger charge is 2.38. The lowest BCUT2D eigenvalue weighted by molar-refractivity contribution is 0.0136. The zero-order chi connectivity index (χ0) is 33.8. The summed E-state index contributed by atoms with van der Waals surface area (Å²) in [5, 5.41) is 20.0. The first kappa shape index (κ1) is 34.3. The Balaban J connectivity index is 1.31. The van der Waals surface area contributed by atoms with Gasteiger partial charge in [-0.25, -0.2) is 18.7 Å². The smallest absolute Gasteiger partial charge is 0.226 e. The number of aromatic nitrogens is 4. The predicted molar refractivity (Wildman–Crippen MR) is 190 cm³/mol. The van der Waals surface area contributed by atoms with Crippen molar-refractivity contribution in [2.45, 2.75) is 49.9 Å². The monoisotopic (exact) mass is 794 g/mol. The molecule has 2 aliphatic rings. The van der Waals surface area contributed by atoms with Gasteiger partial charge >= 0.3 is 0 Å². The molecule has 0 spiro atoms. The van der Waals surface area contributed by atoms with Crippen LogP contribution >= 0.6 is 28.5 Å². The highest BCUT2D eigenvalue weighted by Crippen LogP contribution is 2.42. The van der Waals surface area contributed by atoms with Crippen LogP contribution in [0.4, 0.5) is 14.7 Å². The number of hydrogen-bond donors (Lipinski definition) is 3. The van der Waals surface area contributed by atoms with E-state index in [-0.39, 0.29) is 24.3 Å². The number of hydrogen-bond acceptors (Lipinski definition) is 11. The molecule has 2 fully saturated rings. The Bertz CT molecular complexity index is 1820. The lowest BCUT2D eigenvalue weighted by Crippen LogP contribution is -2.46. The number of methoxy groups -OCH3 is 3. The van der Waals surface area contributed by atoms with Gasteiger partial charge in [-0.2, -0.15) is 4.52 Å². The van der Waals surface area contributed by atoms with Crippen LogP contribution in [0.1, 0.15) is 43.0 Å². The lowest BCUT2D eigenvalue weighted by atomic mass is 9.80. The van der Waals surface area contributed by atoms with Gasteiger partial charge in [-0.15, -0.1) is 5.10 Å². The van der Waals surface area contributed by atoms with Crippen molar-refractivity contribution < 1.29 is 27.5 Å². The summed E-state index contributed by atoms with van der Waals surface area (Å²) in [5.74, 6) is 1.14. The molecule has 3 N–H and O–H groups in total. The standard InChI is InChI=1S/C32H38F2IN8O4P/c1-44-23-6-5-19(27(10-23)45-2)14-38-31-39-26-12-28(46-3)25(34)11-24(26)30-40-29(41-43(30)31)20-9-21(33)17-42(16-20)22(13-36)15-37-18-32(47-48-35)7-4-8-32/h5-6,10-13,15,20-21,36-37,48H,4,7-9,14,16-18H2,1-3H3,(H,38,39)/b22-15+,36-13?. The topological polar surface area (TPSA) is 131 Å². The summed E-state index contributed by atoms with van der Waals surface area (Å²) >= 11 is 2.24. The summed E-state index contributed by atoms with van der Waals surface area (Å²) in [6.45, 7) is 1.87. The Morgan fingerprint density at radius 2 is 1.94 bits per heavy atom. The summed E-state index contributed by atoms with van der Waals surface area (Å²) < 4.78 is 53.9. The van der Waals surface area contributed by atoms with Gasteiger partial charge < -0.3 is 39.7 Å². The van der Waals surface area contributed by atoms with E-state index in [9.17, 15) is 4.39 Å². The third-order valence-corrected chi connectivity index (χ3v) is 10.1. The maximum atomic E-state index is 15.3. The van der Waals surface area contributed by atoms with Crippen LogP contribution in [0.5, 0.6) is 17.2 Å². The quantitative estimate of drug-likeness (QED) is 0.0777. The lowest BCUT2D eigenvalue weighted by Gasteiger charge is -2.41. The number of nitrogens with zero attached hydrogens (tertiary/aromatic N) is 5. The zero-order valence-corrected chi connectivity index (χ0v) is 30.0. The number of alkyl halides is 1. The molecule has 1 aliphatic heterocycles. The minimum atomic E-state index is -1.17. The Morgan fingerprint density at radius 1 is 1.12 bits per heavy atom. The number of piperidine rings is 1. The number of likely N-dealkylation sites (tertiary alicyclic amines) is 1. The predicted octanol–water partition coefficient (Wildman–Crippen LogP) is 6.15. The van der Waals surface area contributed by atoms with E-state index in [1.807, 2.05) is 17.0 Å². The van der Waals surface area contributed by atoms with Crippen molar-refractivity contribution in [3.63, 3.8) is 0 Å². The number of nitrogens with one attached hydrogen (secondary N) is 3. The molecule has 12 nitrogen and oxygen atoms in total. The fraction of sp³-hybridized carbons (Fsp3) is 0.438. The Morgan fingerprint density at radius 3 is 2.62 bits per heavy atom. The number of fused-ring (bicyclic) bond motifs is 3. The molecule has 0 bridgehead atoms. The highest BCUT2D eigenvalue weighted by atomic mass is 127. The molecule has 0 radical (unpaired) electrons. The molecule has 2 aromatic carbocycles. The molecule has 6 rings (SSSR count). The molecule has 1 saturated heterocycles. The maximum absolute atomic E-state index is 15.3. The fourth-order valence-electron chi connectivity index (χ4n) is 6.21. The number of ether oxygens (including phenoxy) is 3. The van der Waals surface area contributed by atoms with Crippen molar-refractivity contribution in [2.75, 3.05) is 46.3 Å². The van der Waals surface area contributed by atoms with Gasteiger partial charge in [-0.3, -0.25) is 0 Å². The van der Waals surface area contributed by atoms with Crippen LogP contribution in [0.15, 0.2) is 42.2 Å². The van der Waals surface area contributed by atoms with E-state index >= 15 is 4.39 Å². The summed E-state index contributed by atoms with van der Waals surface area (Å²) in [6.07, 6.45) is 5.15. The number of anilines is 1. The molecule has 256 valence electrons. The Labute approximate surface area is 291 Å². The molecule has 16 heteroatoms. The molecular formula is C32H38F2IN8O4P. The molecular weight excluding hydrogens is 756 g/mol. The van der Waals surface area contributed by atoms with Crippen molar-refractivity contribution in [1.29, 1.82) is 5.41 Å². The number of rotatable bonds is 14. The normalized spacial score (nSPS) is 19.5. The van der Waals surface area contributed by atoms with Crippen LogP contribution in [-0.4, -0.2) is 83.4 Å². The molecule has 48 heavy (non-hydrogen) atoms. The van der Waals surface area contributed by atoms with Crippen molar-refractivity contribution in [1.82, 2.24) is 29.8 Å². The largest absolute Gasteiger partial charge is 0.497 e. The summed E-state index contributed by atoms with van der Waals surface area (Å²) in [6, 6.07) is 8.36. The summed E-state index contributed by atoms with van der Waals surface area (Å²) in [7, 11) is 4.57. The highest BCUT2D eigenvalue weighted by molar-refractivity contribution is 14.2. The van der Waals surface area contributed by atoms with Gasteiger partial charge in [0.2, 0.25) is 5.95 Å². The van der Waals surface area contributed by atoms with Crippen molar-refractivity contribution in [3.8, 4) is 17.2 Å². The average Bonchev–Trinajstić information content (AvgIpc) is 3.54. The molecule has 2 aromatic heterocycles. The van der Waals surface area contributed by atoms with E-state index in [1.165, 1.54) is 30.0 Å². The number of allylic oxidation sites excluding steroid dienone is 1. The van der Waals surface area contributed by atoms with Gasteiger partial charge in [0.1, 0.15) is 17.7 Å². The first-order valence-corrected chi connectivity index (χ1v) is 19.6. The van der Waals surface area contributed by atoms with Gasteiger partial charge in [0, 0.05) is 67.6 Å². The van der Waals surface area contributed by atoms with E-state index in [0.717, 1.165) is 24.8 Å². The SMILES string of the molecule is COc1ccc(CNc2nc3cc(OC)c(F)cc3c3nc(C4CC(F)CN(/C(C=N)=C/NCC5(OPI)CCC5)C4)nn23)c(OC)c1. The van der Waals surface area contributed by atoms with Gasteiger partial charge in [-0.05, 0) is 65.9 Å². The van der Waals surface area contributed by atoms with E-state index < -0.39 is 17.9 Å². The van der Waals surface area contributed by atoms with Crippen molar-refractivity contribution in [2.24, 2.45) is 0 Å². The van der Waals surface area contributed by atoms with Gasteiger partial charge in [0.15, 0.2) is 23.0 Å². The van der Waals surface area contributed by atoms with Gasteiger partial charge in [-0.1, -0.05) is 0 Å². The van der Waals surface area contributed by atoms with Crippen LogP contribution in [0.2, 0.25) is 0 Å². The van der Waals surface area contributed by atoms with Crippen LogP contribution in [0, 0.1) is 11.2 Å². The summed E-state index contributed by atoms with van der Waals surface area (Å²) in [4.78, 5) is 11.4. The molecule has 3 atom stereocenters. The second-order valence-electron chi connectivity index (χ2n) is 11.9. The van der Waals surface area contributed by atoms with Crippen molar-refractivity contribution >= 4 is 57.2 Å². The molecule has 3 unspecified atom stereocenters. The average molecular weight is 795 g/mol. The van der Waals surface area contributed by atoms with Crippen LogP contribution in [0.25, 0.3) is 16.6 Å². The Kier molecular flexibility index (Phi) is 10.7. The zero-order valence-electron chi connectivity index (χ0n) is 26.9. The van der Waals surface area contributed by atoms with Gasteiger partial charge in [0.25, 0.3) is 0 Å². The third kappa shape index (κ3) is 7.08. The molecule has 0 amide bonds. The molecule has 4 aromatic rings. The minimum Gasteiger partial charge on any atom is -0.497 e. The molecule has 3 heterocycles. The first-order chi connectivity index (χ1) is 23.3. The third-order valence-electron chi connectivity index (χ3n) is 8.96. The maximum Gasteiger partial charge on any atom is 0.226 e.